The molecule has 1 N–H and O–H groups in total. The van der Waals surface area contributed by atoms with Gasteiger partial charge in [0.1, 0.15) is 13.2 Å². The molecule has 0 radical (unpaired) electrons. The van der Waals surface area contributed by atoms with Crippen LogP contribution in [-0.2, 0) is 4.79 Å². The number of hydrogen-bond acceptors (Lipinski definition) is 4. The highest BCUT2D eigenvalue weighted by molar-refractivity contribution is 5.83. The molecule has 0 aromatic heterocycles. The molecule has 4 atom stereocenters. The zero-order chi connectivity index (χ0) is 17.7. The van der Waals surface area contributed by atoms with Crippen molar-refractivity contribution >= 4 is 5.91 Å². The first-order chi connectivity index (χ1) is 12.7. The van der Waals surface area contributed by atoms with E-state index in [0.717, 1.165) is 30.8 Å². The molecule has 1 amide bonds. The quantitative estimate of drug-likeness (QED) is 0.905. The van der Waals surface area contributed by atoms with Crippen LogP contribution in [0.15, 0.2) is 18.2 Å². The van der Waals surface area contributed by atoms with E-state index in [1.54, 1.807) is 0 Å². The molecule has 4 unspecified atom stereocenters. The number of fused-ring (bicyclic) bond motifs is 3. The zero-order valence-electron chi connectivity index (χ0n) is 15.4. The summed E-state index contributed by atoms with van der Waals surface area (Å²) in [5.74, 6) is 2.34. The minimum Gasteiger partial charge on any atom is -0.486 e. The van der Waals surface area contributed by atoms with Crippen LogP contribution >= 0.6 is 0 Å². The second-order valence-corrected chi connectivity index (χ2v) is 8.43. The molecule has 3 heterocycles. The summed E-state index contributed by atoms with van der Waals surface area (Å²) in [6.45, 7) is 1.21. The van der Waals surface area contributed by atoms with Gasteiger partial charge in [0, 0.05) is 24.0 Å². The van der Waals surface area contributed by atoms with Gasteiger partial charge in [0.05, 0.1) is 0 Å². The van der Waals surface area contributed by atoms with E-state index in [9.17, 15) is 4.79 Å². The third-order valence-electron chi connectivity index (χ3n) is 6.81. The first-order valence-corrected chi connectivity index (χ1v) is 10.1. The molecule has 1 aromatic rings. The van der Waals surface area contributed by atoms with E-state index in [1.807, 2.05) is 6.07 Å². The van der Waals surface area contributed by atoms with Gasteiger partial charge in [0.15, 0.2) is 11.5 Å². The zero-order valence-corrected chi connectivity index (χ0v) is 15.4. The van der Waals surface area contributed by atoms with E-state index in [4.69, 9.17) is 9.47 Å². The molecule has 4 aliphatic rings. The van der Waals surface area contributed by atoms with E-state index in [-0.39, 0.29) is 11.8 Å². The lowest BCUT2D eigenvalue weighted by atomic mass is 9.82. The molecular formula is C21H28N2O3. The van der Waals surface area contributed by atoms with E-state index in [2.05, 4.69) is 29.4 Å². The third kappa shape index (κ3) is 2.96. The Morgan fingerprint density at radius 2 is 1.81 bits per heavy atom. The maximum atomic E-state index is 12.8. The number of carbonyl (C=O) groups is 1. The van der Waals surface area contributed by atoms with Crippen molar-refractivity contribution in [3.63, 3.8) is 0 Å². The molecule has 1 aliphatic carbocycles. The normalized spacial score (nSPS) is 35.7. The Hall–Kier alpha value is -1.75. The number of rotatable bonds is 3. The van der Waals surface area contributed by atoms with Gasteiger partial charge < -0.3 is 19.7 Å². The summed E-state index contributed by atoms with van der Waals surface area (Å²) in [5, 5.41) is 3.37. The van der Waals surface area contributed by atoms with Crippen molar-refractivity contribution in [2.75, 3.05) is 20.3 Å². The van der Waals surface area contributed by atoms with Crippen molar-refractivity contribution < 1.29 is 14.3 Å². The van der Waals surface area contributed by atoms with Crippen molar-refractivity contribution in [2.45, 2.75) is 62.6 Å². The van der Waals surface area contributed by atoms with Gasteiger partial charge in [-0.15, -0.1) is 0 Å². The predicted octanol–water partition coefficient (Wildman–Crippen LogP) is 2.69. The molecule has 26 heavy (non-hydrogen) atoms. The molecule has 5 nitrogen and oxygen atoms in total. The standard InChI is InChI=1S/C21H28N2O3/c1-23-15-3-2-4-16(23)11-14(10-15)22-21(24)18-12-17(18)13-5-6-19-20(9-13)26-8-7-25-19/h5-6,9,14-18H,2-4,7-8,10-12H2,1H3,(H,22,24). The highest BCUT2D eigenvalue weighted by Crippen LogP contribution is 2.49. The molecule has 140 valence electrons. The van der Waals surface area contributed by atoms with E-state index in [1.165, 1.54) is 24.8 Å². The molecule has 3 fully saturated rings. The van der Waals surface area contributed by atoms with Crippen molar-refractivity contribution in [3.05, 3.63) is 23.8 Å². The van der Waals surface area contributed by atoms with Crippen molar-refractivity contribution in [1.29, 1.82) is 0 Å². The molecular weight excluding hydrogens is 328 g/mol. The summed E-state index contributed by atoms with van der Waals surface area (Å²) in [7, 11) is 2.26. The van der Waals surface area contributed by atoms with Crippen molar-refractivity contribution in [3.8, 4) is 11.5 Å². The fraction of sp³-hybridized carbons (Fsp3) is 0.667. The van der Waals surface area contributed by atoms with Gasteiger partial charge in [-0.05, 0) is 62.8 Å². The van der Waals surface area contributed by atoms with Crippen LogP contribution < -0.4 is 14.8 Å². The van der Waals surface area contributed by atoms with Crippen LogP contribution in [-0.4, -0.2) is 49.2 Å². The van der Waals surface area contributed by atoms with E-state index < -0.39 is 0 Å². The number of amides is 1. The van der Waals surface area contributed by atoms with E-state index >= 15 is 0 Å². The van der Waals surface area contributed by atoms with E-state index in [0.29, 0.717) is 37.3 Å². The fourth-order valence-corrected chi connectivity index (χ4v) is 5.19. The molecule has 2 bridgehead atoms. The monoisotopic (exact) mass is 356 g/mol. The molecule has 5 rings (SSSR count). The lowest BCUT2D eigenvalue weighted by molar-refractivity contribution is -0.123. The summed E-state index contributed by atoms with van der Waals surface area (Å²) in [6, 6.07) is 7.80. The maximum Gasteiger partial charge on any atom is 0.223 e. The maximum absolute atomic E-state index is 12.8. The van der Waals surface area contributed by atoms with Gasteiger partial charge in [0.2, 0.25) is 5.91 Å². The minimum absolute atomic E-state index is 0.122. The minimum atomic E-state index is 0.122. The molecule has 0 spiro atoms. The van der Waals surface area contributed by atoms with Gasteiger partial charge in [0.25, 0.3) is 0 Å². The summed E-state index contributed by atoms with van der Waals surface area (Å²) in [5.41, 5.74) is 1.20. The number of nitrogens with one attached hydrogen (secondary N) is 1. The summed E-state index contributed by atoms with van der Waals surface area (Å²) in [4.78, 5) is 15.3. The Morgan fingerprint density at radius 1 is 1.08 bits per heavy atom. The highest BCUT2D eigenvalue weighted by atomic mass is 16.6. The highest BCUT2D eigenvalue weighted by Gasteiger charge is 2.45. The van der Waals surface area contributed by atoms with Crippen LogP contribution in [0.25, 0.3) is 0 Å². The van der Waals surface area contributed by atoms with Gasteiger partial charge in [-0.2, -0.15) is 0 Å². The average molecular weight is 356 g/mol. The van der Waals surface area contributed by atoms with Crippen LogP contribution in [0.4, 0.5) is 0 Å². The largest absolute Gasteiger partial charge is 0.486 e. The number of ether oxygens (including phenoxy) is 2. The lowest BCUT2D eigenvalue weighted by Gasteiger charge is -2.47. The van der Waals surface area contributed by atoms with Crippen LogP contribution in [0.1, 0.15) is 50.0 Å². The predicted molar refractivity (Wildman–Crippen MR) is 98.6 cm³/mol. The number of carbonyl (C=O) groups excluding carboxylic acids is 1. The van der Waals surface area contributed by atoms with Crippen LogP contribution in [0.5, 0.6) is 11.5 Å². The average Bonchev–Trinajstić information content (AvgIpc) is 3.43. The topological polar surface area (TPSA) is 50.8 Å². The van der Waals surface area contributed by atoms with Gasteiger partial charge in [-0.3, -0.25) is 4.79 Å². The first kappa shape index (κ1) is 16.4. The Kier molecular flexibility index (Phi) is 4.07. The Labute approximate surface area is 155 Å². The summed E-state index contributed by atoms with van der Waals surface area (Å²) in [6.07, 6.45) is 7.08. The Balaban J connectivity index is 1.20. The number of hydrogen-bond donors (Lipinski definition) is 1. The number of benzene rings is 1. The molecule has 5 heteroatoms. The summed E-state index contributed by atoms with van der Waals surface area (Å²) >= 11 is 0. The molecule has 1 saturated carbocycles. The first-order valence-electron chi connectivity index (χ1n) is 10.1. The second kappa shape index (κ2) is 6.45. The second-order valence-electron chi connectivity index (χ2n) is 8.43. The van der Waals surface area contributed by atoms with Crippen LogP contribution in [0.2, 0.25) is 0 Å². The van der Waals surface area contributed by atoms with Gasteiger partial charge in [-0.1, -0.05) is 12.5 Å². The number of piperidine rings is 2. The smallest absolute Gasteiger partial charge is 0.223 e. The molecule has 2 saturated heterocycles. The van der Waals surface area contributed by atoms with Crippen LogP contribution in [0, 0.1) is 5.92 Å². The Bertz CT molecular complexity index is 692. The van der Waals surface area contributed by atoms with Crippen LogP contribution in [0.3, 0.4) is 0 Å². The fourth-order valence-electron chi connectivity index (χ4n) is 5.19. The molecule has 1 aromatic carbocycles. The third-order valence-corrected chi connectivity index (χ3v) is 6.81. The van der Waals surface area contributed by atoms with Gasteiger partial charge in [-0.25, -0.2) is 0 Å². The van der Waals surface area contributed by atoms with Crippen molar-refractivity contribution in [1.82, 2.24) is 10.2 Å². The molecule has 3 aliphatic heterocycles. The van der Waals surface area contributed by atoms with Gasteiger partial charge >= 0.3 is 0 Å². The summed E-state index contributed by atoms with van der Waals surface area (Å²) < 4.78 is 11.3. The SMILES string of the molecule is CN1C2CCCC1CC(NC(=O)C1CC1c1ccc3c(c1)OCCO3)C2. The lowest BCUT2D eigenvalue weighted by Crippen LogP contribution is -2.55. The van der Waals surface area contributed by atoms with Crippen molar-refractivity contribution in [2.24, 2.45) is 5.92 Å². The Morgan fingerprint density at radius 3 is 2.58 bits per heavy atom. The number of nitrogens with zero attached hydrogens (tertiary/aromatic N) is 1.